The van der Waals surface area contributed by atoms with Crippen LogP contribution in [0.15, 0.2) is 71.1 Å². The third-order valence-electron chi connectivity index (χ3n) is 7.21. The van der Waals surface area contributed by atoms with Crippen LogP contribution in [0.5, 0.6) is 0 Å². The first-order chi connectivity index (χ1) is 21.4. The Hall–Kier alpha value is -4.36. The van der Waals surface area contributed by atoms with Crippen LogP contribution in [0.25, 0.3) is 11.3 Å². The maximum atomic E-state index is 13.2. The minimum atomic E-state index is -4.54. The predicted octanol–water partition coefficient (Wildman–Crippen LogP) is 5.32. The number of nitrogens with one attached hydrogen (secondary N) is 2. The molecule has 13 heteroatoms. The number of likely N-dealkylation sites (tertiary alicyclic amines) is 1. The molecule has 2 heterocycles. The van der Waals surface area contributed by atoms with E-state index in [-0.39, 0.29) is 42.6 Å². The van der Waals surface area contributed by atoms with E-state index < -0.39 is 47.9 Å². The number of carbonyl (C=O) groups excluding carboxylic acids is 3. The Morgan fingerprint density at radius 3 is 2.53 bits per heavy atom. The number of aliphatic hydroxyl groups excluding tert-OH is 1. The first kappa shape index (κ1) is 33.5. The second-order valence-electron chi connectivity index (χ2n) is 11.2. The van der Waals surface area contributed by atoms with Gasteiger partial charge in [-0.2, -0.15) is 13.2 Å². The number of amides is 2. The third-order valence-corrected chi connectivity index (χ3v) is 7.21. The van der Waals surface area contributed by atoms with Crippen molar-refractivity contribution in [1.82, 2.24) is 15.7 Å². The van der Waals surface area contributed by atoms with Gasteiger partial charge in [-0.25, -0.2) is 9.59 Å². The topological polar surface area (TPSA) is 130 Å². The molecule has 10 nitrogen and oxygen atoms in total. The zero-order valence-corrected chi connectivity index (χ0v) is 24.9. The van der Waals surface area contributed by atoms with Gasteiger partial charge in [0.2, 0.25) is 11.7 Å². The van der Waals surface area contributed by atoms with Crippen molar-refractivity contribution < 1.29 is 46.7 Å². The van der Waals surface area contributed by atoms with Gasteiger partial charge >= 0.3 is 18.2 Å². The summed E-state index contributed by atoms with van der Waals surface area (Å²) < 4.78 is 50.1. The minimum absolute atomic E-state index is 0.0111. The smallest absolute Gasteiger partial charge is 0.416 e. The third kappa shape index (κ3) is 9.56. The van der Waals surface area contributed by atoms with Gasteiger partial charge in [0.1, 0.15) is 18.4 Å². The molecular weight excluding hydrogens is 595 g/mol. The largest absolute Gasteiger partial charge is 0.449 e. The van der Waals surface area contributed by atoms with Crippen molar-refractivity contribution in [3.8, 4) is 11.3 Å². The number of β-amino-alcohol motifs (C(OH)–C–C–N with tert-alkyl or cyclic N) is 1. The average molecular weight is 632 g/mol. The molecular formula is C32H36F3N3O7. The highest BCUT2D eigenvalue weighted by atomic mass is 19.4. The Kier molecular flexibility index (Phi) is 11.2. The van der Waals surface area contributed by atoms with Crippen molar-refractivity contribution in [2.75, 3.05) is 13.1 Å². The van der Waals surface area contributed by atoms with Crippen molar-refractivity contribution >= 4 is 18.0 Å². The van der Waals surface area contributed by atoms with Crippen molar-refractivity contribution in [2.24, 2.45) is 5.92 Å². The predicted molar refractivity (Wildman–Crippen MR) is 156 cm³/mol. The Morgan fingerprint density at radius 2 is 1.82 bits per heavy atom. The summed E-state index contributed by atoms with van der Waals surface area (Å²) in [5.41, 5.74) is 2.56. The molecule has 242 valence electrons. The Balaban J connectivity index is 1.32. The second kappa shape index (κ2) is 15.1. The van der Waals surface area contributed by atoms with E-state index in [4.69, 9.17) is 14.0 Å². The Morgan fingerprint density at radius 1 is 1.07 bits per heavy atom. The summed E-state index contributed by atoms with van der Waals surface area (Å²) in [6.45, 7) is 4.14. The quantitative estimate of drug-likeness (QED) is 0.257. The van der Waals surface area contributed by atoms with E-state index in [0.717, 1.165) is 17.7 Å². The number of furan rings is 1. The lowest BCUT2D eigenvalue weighted by Crippen LogP contribution is -2.53. The van der Waals surface area contributed by atoms with E-state index in [2.05, 4.69) is 10.8 Å². The van der Waals surface area contributed by atoms with Crippen LogP contribution in [-0.2, 0) is 27.2 Å². The molecule has 1 saturated heterocycles. The summed E-state index contributed by atoms with van der Waals surface area (Å²) in [6, 6.07) is 14.6. The number of nitrogens with zero attached hydrogens (tertiary/aromatic N) is 1. The van der Waals surface area contributed by atoms with Gasteiger partial charge in [-0.3, -0.25) is 4.79 Å². The van der Waals surface area contributed by atoms with E-state index in [9.17, 15) is 32.7 Å². The summed E-state index contributed by atoms with van der Waals surface area (Å²) in [5.74, 6) is -1.74. The van der Waals surface area contributed by atoms with Crippen molar-refractivity contribution in [2.45, 2.75) is 64.1 Å². The van der Waals surface area contributed by atoms with Gasteiger partial charge < -0.3 is 29.3 Å². The molecule has 3 aromatic rings. The first-order valence-corrected chi connectivity index (χ1v) is 14.6. The van der Waals surface area contributed by atoms with Crippen LogP contribution >= 0.6 is 0 Å². The van der Waals surface area contributed by atoms with Crippen LogP contribution in [0.2, 0.25) is 0 Å². The van der Waals surface area contributed by atoms with E-state index in [1.54, 1.807) is 0 Å². The number of ether oxygens (including phenoxy) is 1. The molecule has 1 aliphatic rings. The van der Waals surface area contributed by atoms with E-state index in [1.165, 1.54) is 29.2 Å². The molecule has 2 aromatic carbocycles. The molecule has 1 fully saturated rings. The fourth-order valence-electron chi connectivity index (χ4n) is 4.87. The number of hydrogen-bond donors (Lipinski definition) is 3. The molecule has 4 rings (SSSR count). The molecule has 0 aliphatic carbocycles. The van der Waals surface area contributed by atoms with Crippen LogP contribution in [0.4, 0.5) is 18.0 Å². The highest BCUT2D eigenvalue weighted by molar-refractivity contribution is 5.87. The van der Waals surface area contributed by atoms with Gasteiger partial charge in [-0.05, 0) is 55.0 Å². The maximum Gasteiger partial charge on any atom is 0.416 e. The van der Waals surface area contributed by atoms with E-state index in [0.29, 0.717) is 19.4 Å². The monoisotopic (exact) mass is 631 g/mol. The van der Waals surface area contributed by atoms with Gasteiger partial charge in [0.15, 0.2) is 0 Å². The summed E-state index contributed by atoms with van der Waals surface area (Å²) in [6.07, 6.45) is -5.00. The van der Waals surface area contributed by atoms with Gasteiger partial charge in [0.05, 0.1) is 24.3 Å². The fraction of sp³-hybridized carbons (Fsp3) is 0.406. The first-order valence-electron chi connectivity index (χ1n) is 14.6. The van der Waals surface area contributed by atoms with Gasteiger partial charge in [-0.1, -0.05) is 56.3 Å². The molecule has 2 amide bonds. The minimum Gasteiger partial charge on any atom is -0.449 e. The summed E-state index contributed by atoms with van der Waals surface area (Å²) in [7, 11) is 0. The maximum absolute atomic E-state index is 13.2. The van der Waals surface area contributed by atoms with Crippen LogP contribution in [0.1, 0.15) is 54.8 Å². The molecule has 3 N–H and O–H groups in total. The number of rotatable bonds is 10. The zero-order chi connectivity index (χ0) is 32.6. The van der Waals surface area contributed by atoms with E-state index in [1.807, 2.05) is 44.2 Å². The van der Waals surface area contributed by atoms with Crippen LogP contribution in [-0.4, -0.2) is 59.3 Å². The standard InChI is InChI=1S/C32H36F3N3O7/c1-20(2)16-25(37-45-30(41)28-14-13-27(44-28)22-10-6-11-23(17-22)32(33,34)35)29(40)36-24-12-7-15-38(18-26(24)39)31(42)43-19-21-8-4-3-5-9-21/h3-6,8-11,13-14,17,20,24-26,37,39H,7,12,15-16,18-19H2,1-2H3,(H,36,40). The Bertz CT molecular complexity index is 1450. The molecule has 0 bridgehead atoms. The average Bonchev–Trinajstić information content (AvgIpc) is 3.44. The fourth-order valence-corrected chi connectivity index (χ4v) is 4.87. The van der Waals surface area contributed by atoms with Gasteiger partial charge in [-0.15, -0.1) is 5.48 Å². The van der Waals surface area contributed by atoms with E-state index >= 15 is 0 Å². The molecule has 3 unspecified atom stereocenters. The highest BCUT2D eigenvalue weighted by Crippen LogP contribution is 2.32. The lowest BCUT2D eigenvalue weighted by molar-refractivity contribution is -0.137. The summed E-state index contributed by atoms with van der Waals surface area (Å²) >= 11 is 0. The second-order valence-corrected chi connectivity index (χ2v) is 11.2. The molecule has 3 atom stereocenters. The van der Waals surface area contributed by atoms with Crippen LogP contribution in [0, 0.1) is 5.92 Å². The van der Waals surface area contributed by atoms with Gasteiger partial charge in [0, 0.05) is 12.1 Å². The number of hydroxylamine groups is 1. The van der Waals surface area contributed by atoms with Gasteiger partial charge in [0.25, 0.3) is 0 Å². The van der Waals surface area contributed by atoms with Crippen LogP contribution in [0.3, 0.4) is 0 Å². The zero-order valence-electron chi connectivity index (χ0n) is 24.9. The number of benzene rings is 2. The van der Waals surface area contributed by atoms with Crippen LogP contribution < -0.4 is 10.8 Å². The lowest BCUT2D eigenvalue weighted by atomic mass is 10.0. The molecule has 1 aliphatic heterocycles. The highest BCUT2D eigenvalue weighted by Gasteiger charge is 2.33. The summed E-state index contributed by atoms with van der Waals surface area (Å²) in [5, 5.41) is 13.6. The van der Waals surface area contributed by atoms with Crippen molar-refractivity contribution in [3.63, 3.8) is 0 Å². The number of carbonyl (C=O) groups is 3. The Labute approximate surface area is 258 Å². The molecule has 0 saturated carbocycles. The number of aliphatic hydroxyl groups is 1. The molecule has 1 aromatic heterocycles. The molecule has 0 spiro atoms. The molecule has 0 radical (unpaired) electrons. The normalized spacial score (nSPS) is 17.8. The van der Waals surface area contributed by atoms with Crippen molar-refractivity contribution in [3.05, 3.63) is 83.6 Å². The SMILES string of the molecule is CC(C)CC(NOC(=O)c1ccc(-c2cccc(C(F)(F)F)c2)o1)C(=O)NC1CCCN(C(=O)OCc2ccccc2)CC1O. The number of halogens is 3. The van der Waals surface area contributed by atoms with Crippen molar-refractivity contribution in [1.29, 1.82) is 0 Å². The lowest BCUT2D eigenvalue weighted by Gasteiger charge is -2.27. The number of hydrogen-bond acceptors (Lipinski definition) is 8. The number of alkyl halides is 3. The summed E-state index contributed by atoms with van der Waals surface area (Å²) in [4.78, 5) is 45.1. The molecule has 45 heavy (non-hydrogen) atoms.